The maximum Gasteiger partial charge on any atom is 0.417 e. The molecule has 2 aromatic carbocycles. The predicted molar refractivity (Wildman–Crippen MR) is 81.0 cm³/mol. The second kappa shape index (κ2) is 6.20. The minimum absolute atomic E-state index is 0.0206. The molecule has 0 aromatic heterocycles. The van der Waals surface area contributed by atoms with Gasteiger partial charge in [0.15, 0.2) is 0 Å². The summed E-state index contributed by atoms with van der Waals surface area (Å²) >= 11 is 2.93. The van der Waals surface area contributed by atoms with Gasteiger partial charge < -0.3 is 5.73 Å². The molecule has 2 N–H and O–H groups in total. The standard InChI is InChI=1S/C16H15BrF3N/c1-2-10-3-5-11(6-4-10)15(21)12-7-8-14(17)13(9-12)16(18,19)20/h3-9,15H,2,21H2,1H3. The van der Waals surface area contributed by atoms with Crippen molar-refractivity contribution in [3.05, 3.63) is 69.2 Å². The smallest absolute Gasteiger partial charge is 0.320 e. The van der Waals surface area contributed by atoms with Gasteiger partial charge in [0.2, 0.25) is 0 Å². The third kappa shape index (κ3) is 3.66. The topological polar surface area (TPSA) is 26.0 Å². The van der Waals surface area contributed by atoms with Gasteiger partial charge in [-0.3, -0.25) is 0 Å². The van der Waals surface area contributed by atoms with E-state index in [2.05, 4.69) is 15.9 Å². The van der Waals surface area contributed by atoms with Crippen molar-refractivity contribution in [3.8, 4) is 0 Å². The molecule has 0 saturated heterocycles. The summed E-state index contributed by atoms with van der Waals surface area (Å²) in [4.78, 5) is 0. The van der Waals surface area contributed by atoms with Crippen molar-refractivity contribution in [2.24, 2.45) is 5.73 Å². The first-order valence-electron chi connectivity index (χ1n) is 6.54. The molecule has 0 fully saturated rings. The highest BCUT2D eigenvalue weighted by Gasteiger charge is 2.33. The van der Waals surface area contributed by atoms with Crippen molar-refractivity contribution in [3.63, 3.8) is 0 Å². The lowest BCUT2D eigenvalue weighted by molar-refractivity contribution is -0.138. The fourth-order valence-corrected chi connectivity index (χ4v) is 2.58. The Hall–Kier alpha value is -1.33. The first-order chi connectivity index (χ1) is 9.82. The van der Waals surface area contributed by atoms with Gasteiger partial charge in [0, 0.05) is 4.47 Å². The lowest BCUT2D eigenvalue weighted by atomic mass is 9.96. The summed E-state index contributed by atoms with van der Waals surface area (Å²) < 4.78 is 38.8. The van der Waals surface area contributed by atoms with E-state index < -0.39 is 17.8 Å². The summed E-state index contributed by atoms with van der Waals surface area (Å²) in [6, 6.07) is 11.1. The van der Waals surface area contributed by atoms with Gasteiger partial charge in [-0.2, -0.15) is 13.2 Å². The molecule has 0 radical (unpaired) electrons. The normalized spacial score (nSPS) is 13.2. The van der Waals surface area contributed by atoms with Gasteiger partial charge in [-0.15, -0.1) is 0 Å². The highest BCUT2D eigenvalue weighted by molar-refractivity contribution is 9.10. The molecule has 2 rings (SSSR count). The zero-order valence-corrected chi connectivity index (χ0v) is 13.0. The van der Waals surface area contributed by atoms with Crippen molar-refractivity contribution >= 4 is 15.9 Å². The zero-order chi connectivity index (χ0) is 15.6. The van der Waals surface area contributed by atoms with E-state index in [0.29, 0.717) is 5.56 Å². The molecule has 112 valence electrons. The Kier molecular flexibility index (Phi) is 4.74. The Morgan fingerprint density at radius 1 is 1.05 bits per heavy atom. The minimum atomic E-state index is -4.40. The number of rotatable bonds is 3. The van der Waals surface area contributed by atoms with Crippen LogP contribution in [-0.2, 0) is 12.6 Å². The quantitative estimate of drug-likeness (QED) is 0.814. The largest absolute Gasteiger partial charge is 0.417 e. The van der Waals surface area contributed by atoms with Crippen molar-refractivity contribution in [2.75, 3.05) is 0 Å². The van der Waals surface area contributed by atoms with E-state index in [9.17, 15) is 13.2 Å². The van der Waals surface area contributed by atoms with Crippen LogP contribution in [0, 0.1) is 0 Å². The molecule has 0 bridgehead atoms. The molecule has 0 aliphatic rings. The second-order valence-corrected chi connectivity index (χ2v) is 5.66. The average molecular weight is 358 g/mol. The van der Waals surface area contributed by atoms with Crippen molar-refractivity contribution in [2.45, 2.75) is 25.6 Å². The molecule has 0 aliphatic heterocycles. The van der Waals surface area contributed by atoms with E-state index in [1.54, 1.807) is 6.07 Å². The van der Waals surface area contributed by atoms with E-state index >= 15 is 0 Å². The number of nitrogens with two attached hydrogens (primary N) is 1. The van der Waals surface area contributed by atoms with Crippen LogP contribution in [0.5, 0.6) is 0 Å². The van der Waals surface area contributed by atoms with E-state index in [1.165, 1.54) is 6.07 Å². The number of halogens is 4. The molecule has 5 heteroatoms. The summed E-state index contributed by atoms with van der Waals surface area (Å²) in [6.45, 7) is 2.04. The minimum Gasteiger partial charge on any atom is -0.320 e. The second-order valence-electron chi connectivity index (χ2n) is 4.81. The van der Waals surface area contributed by atoms with Crippen LogP contribution in [0.4, 0.5) is 13.2 Å². The van der Waals surface area contributed by atoms with Crippen LogP contribution in [0.25, 0.3) is 0 Å². The van der Waals surface area contributed by atoms with E-state index in [-0.39, 0.29) is 4.47 Å². The Morgan fingerprint density at radius 2 is 1.62 bits per heavy atom. The fourth-order valence-electron chi connectivity index (χ4n) is 2.11. The molecule has 0 saturated carbocycles. The molecule has 0 heterocycles. The third-order valence-electron chi connectivity index (χ3n) is 3.40. The molecule has 21 heavy (non-hydrogen) atoms. The molecule has 2 aromatic rings. The van der Waals surface area contributed by atoms with Gasteiger partial charge in [0.25, 0.3) is 0 Å². The van der Waals surface area contributed by atoms with Crippen molar-refractivity contribution in [1.29, 1.82) is 0 Å². The van der Waals surface area contributed by atoms with Gasteiger partial charge in [-0.25, -0.2) is 0 Å². The van der Waals surface area contributed by atoms with Crippen LogP contribution in [0.1, 0.15) is 35.2 Å². The molecular weight excluding hydrogens is 343 g/mol. The van der Waals surface area contributed by atoms with Crippen LogP contribution in [0.2, 0.25) is 0 Å². The SMILES string of the molecule is CCc1ccc(C(N)c2ccc(Br)c(C(F)(F)F)c2)cc1. The first-order valence-corrected chi connectivity index (χ1v) is 7.33. The fraction of sp³-hybridized carbons (Fsp3) is 0.250. The highest BCUT2D eigenvalue weighted by atomic mass is 79.9. The van der Waals surface area contributed by atoms with Gasteiger partial charge in [-0.1, -0.05) is 53.2 Å². The van der Waals surface area contributed by atoms with Crippen molar-refractivity contribution in [1.82, 2.24) is 0 Å². The lowest BCUT2D eigenvalue weighted by Gasteiger charge is -2.16. The van der Waals surface area contributed by atoms with Gasteiger partial charge in [-0.05, 0) is 35.2 Å². The molecule has 0 aliphatic carbocycles. The Morgan fingerprint density at radius 3 is 2.14 bits per heavy atom. The van der Waals surface area contributed by atoms with Crippen LogP contribution in [0.3, 0.4) is 0 Å². The number of benzene rings is 2. The van der Waals surface area contributed by atoms with Crippen molar-refractivity contribution < 1.29 is 13.2 Å². The zero-order valence-electron chi connectivity index (χ0n) is 11.4. The highest BCUT2D eigenvalue weighted by Crippen LogP contribution is 2.36. The van der Waals surface area contributed by atoms with E-state index in [4.69, 9.17) is 5.73 Å². The Labute approximate surface area is 130 Å². The number of hydrogen-bond donors (Lipinski definition) is 1. The summed E-state index contributed by atoms with van der Waals surface area (Å²) in [5, 5.41) is 0. The molecule has 0 spiro atoms. The Bertz CT molecular complexity index is 620. The molecular formula is C16H15BrF3N. The molecule has 1 atom stereocenters. The van der Waals surface area contributed by atoms with Crippen LogP contribution in [0.15, 0.2) is 46.9 Å². The van der Waals surface area contributed by atoms with E-state index in [1.807, 2.05) is 31.2 Å². The average Bonchev–Trinajstić information content (AvgIpc) is 2.46. The maximum absolute atomic E-state index is 12.9. The van der Waals surface area contributed by atoms with Gasteiger partial charge >= 0.3 is 6.18 Å². The maximum atomic E-state index is 12.9. The summed E-state index contributed by atoms with van der Waals surface area (Å²) in [6.07, 6.45) is -3.49. The molecule has 1 nitrogen and oxygen atoms in total. The number of hydrogen-bond acceptors (Lipinski definition) is 1. The van der Waals surface area contributed by atoms with Crippen LogP contribution < -0.4 is 5.73 Å². The summed E-state index contributed by atoms with van der Waals surface area (Å²) in [7, 11) is 0. The monoisotopic (exact) mass is 357 g/mol. The predicted octanol–water partition coefficient (Wildman–Crippen LogP) is 5.08. The van der Waals surface area contributed by atoms with Crippen LogP contribution in [-0.4, -0.2) is 0 Å². The van der Waals surface area contributed by atoms with Gasteiger partial charge in [0.05, 0.1) is 11.6 Å². The molecule has 0 amide bonds. The summed E-state index contributed by atoms with van der Waals surface area (Å²) in [5.41, 5.74) is 7.78. The van der Waals surface area contributed by atoms with E-state index in [0.717, 1.165) is 23.6 Å². The summed E-state index contributed by atoms with van der Waals surface area (Å²) in [5.74, 6) is 0. The third-order valence-corrected chi connectivity index (χ3v) is 4.09. The van der Waals surface area contributed by atoms with Crippen LogP contribution >= 0.6 is 15.9 Å². The lowest BCUT2D eigenvalue weighted by Crippen LogP contribution is -2.14. The number of aryl methyl sites for hydroxylation is 1. The van der Waals surface area contributed by atoms with Gasteiger partial charge in [0.1, 0.15) is 0 Å². The molecule has 1 unspecified atom stereocenters. The first kappa shape index (κ1) is 16.0. The number of alkyl halides is 3. The Balaban J connectivity index is 2.36.